The highest BCUT2D eigenvalue weighted by molar-refractivity contribution is 5.69. The van der Waals surface area contributed by atoms with E-state index in [1.807, 2.05) is 61.5 Å². The molecule has 4 nitrogen and oxygen atoms in total. The number of halogens is 1. The Morgan fingerprint density at radius 2 is 1.84 bits per heavy atom. The summed E-state index contributed by atoms with van der Waals surface area (Å²) in [4.78, 5) is 14.1. The average Bonchev–Trinajstić information content (AvgIpc) is 3.37. The van der Waals surface area contributed by atoms with E-state index in [2.05, 4.69) is 0 Å². The third-order valence-electron chi connectivity index (χ3n) is 4.47. The Morgan fingerprint density at radius 3 is 2.40 bits per heavy atom. The summed E-state index contributed by atoms with van der Waals surface area (Å²) in [6.07, 6.45) is -1.09. The lowest BCUT2D eigenvalue weighted by atomic mass is 10.1. The predicted molar refractivity (Wildman–Crippen MR) is 93.2 cm³/mol. The number of ether oxygens (including phenoxy) is 2. The molecule has 1 saturated carbocycles. The van der Waals surface area contributed by atoms with Crippen LogP contribution in [0.2, 0.25) is 0 Å². The summed E-state index contributed by atoms with van der Waals surface area (Å²) in [5.74, 6) is 0.743. The van der Waals surface area contributed by atoms with Crippen molar-refractivity contribution < 1.29 is 18.7 Å². The maximum absolute atomic E-state index is 13.6. The molecular formula is C20H22FNO3. The fourth-order valence-electron chi connectivity index (χ4n) is 2.85. The van der Waals surface area contributed by atoms with E-state index in [1.54, 1.807) is 7.11 Å². The minimum atomic E-state index is -0.973. The second kappa shape index (κ2) is 7.55. The molecule has 25 heavy (non-hydrogen) atoms. The Hall–Kier alpha value is -2.56. The molecular weight excluding hydrogens is 321 g/mol. The second-order valence-electron chi connectivity index (χ2n) is 6.22. The lowest BCUT2D eigenvalue weighted by molar-refractivity contribution is 0.0760. The van der Waals surface area contributed by atoms with E-state index in [0.29, 0.717) is 6.42 Å². The van der Waals surface area contributed by atoms with Gasteiger partial charge in [-0.25, -0.2) is 9.18 Å². The van der Waals surface area contributed by atoms with E-state index in [4.69, 9.17) is 9.47 Å². The SMILES string of the molecule is COc1ccc(COC(=O)N([C@@H]2C[C@H]2F)[C@@H](C)c2ccccc2)cc1. The number of carbonyl (C=O) groups excluding carboxylic acids is 1. The van der Waals surface area contributed by atoms with Crippen molar-refractivity contribution in [2.75, 3.05) is 7.11 Å². The zero-order chi connectivity index (χ0) is 17.8. The van der Waals surface area contributed by atoms with Gasteiger partial charge in [0, 0.05) is 6.42 Å². The van der Waals surface area contributed by atoms with Crippen molar-refractivity contribution in [3.05, 3.63) is 65.7 Å². The van der Waals surface area contributed by atoms with Crippen molar-refractivity contribution in [2.45, 2.75) is 38.2 Å². The van der Waals surface area contributed by atoms with E-state index in [1.165, 1.54) is 4.90 Å². The number of carbonyl (C=O) groups is 1. The van der Waals surface area contributed by atoms with Gasteiger partial charge in [-0.15, -0.1) is 0 Å². The number of methoxy groups -OCH3 is 1. The monoisotopic (exact) mass is 343 g/mol. The van der Waals surface area contributed by atoms with Gasteiger partial charge in [-0.1, -0.05) is 42.5 Å². The first-order valence-electron chi connectivity index (χ1n) is 8.37. The van der Waals surface area contributed by atoms with Crippen LogP contribution in [0.15, 0.2) is 54.6 Å². The van der Waals surface area contributed by atoms with Gasteiger partial charge in [0.05, 0.1) is 19.2 Å². The molecule has 2 aromatic rings. The number of amides is 1. The van der Waals surface area contributed by atoms with Gasteiger partial charge < -0.3 is 9.47 Å². The van der Waals surface area contributed by atoms with Gasteiger partial charge in [-0.05, 0) is 30.2 Å². The third kappa shape index (κ3) is 4.10. The van der Waals surface area contributed by atoms with E-state index in [0.717, 1.165) is 16.9 Å². The van der Waals surface area contributed by atoms with Gasteiger partial charge in [0.15, 0.2) is 0 Å². The van der Waals surface area contributed by atoms with Crippen molar-refractivity contribution in [2.24, 2.45) is 0 Å². The number of nitrogens with zero attached hydrogens (tertiary/aromatic N) is 1. The van der Waals surface area contributed by atoms with Gasteiger partial charge in [-0.2, -0.15) is 0 Å². The van der Waals surface area contributed by atoms with Crippen LogP contribution in [-0.2, 0) is 11.3 Å². The Morgan fingerprint density at radius 1 is 1.20 bits per heavy atom. The van der Waals surface area contributed by atoms with Crippen LogP contribution in [0.1, 0.15) is 30.5 Å². The molecule has 0 unspecified atom stereocenters. The lowest BCUT2D eigenvalue weighted by Crippen LogP contribution is -2.37. The van der Waals surface area contributed by atoms with Gasteiger partial charge >= 0.3 is 6.09 Å². The maximum atomic E-state index is 13.6. The Labute approximate surface area is 147 Å². The topological polar surface area (TPSA) is 38.8 Å². The molecule has 0 bridgehead atoms. The number of hydrogen-bond acceptors (Lipinski definition) is 3. The summed E-state index contributed by atoms with van der Waals surface area (Å²) in [7, 11) is 1.60. The standard InChI is InChI=1S/C20H22FNO3/c1-14(16-6-4-3-5-7-16)22(19-12-18(19)21)20(23)25-13-15-8-10-17(24-2)11-9-15/h3-11,14,18-19H,12-13H2,1-2H3/t14-,18+,19+/m0/s1. The van der Waals surface area contributed by atoms with Crippen LogP contribution in [0, 0.1) is 0 Å². The molecule has 132 valence electrons. The first-order valence-corrected chi connectivity index (χ1v) is 8.37. The lowest BCUT2D eigenvalue weighted by Gasteiger charge is -2.28. The van der Waals surface area contributed by atoms with Gasteiger partial charge in [0.25, 0.3) is 0 Å². The molecule has 2 aromatic carbocycles. The first-order chi connectivity index (χ1) is 12.1. The highest BCUT2D eigenvalue weighted by Gasteiger charge is 2.47. The highest BCUT2D eigenvalue weighted by Crippen LogP contribution is 2.37. The number of rotatable bonds is 6. The summed E-state index contributed by atoms with van der Waals surface area (Å²) in [5.41, 5.74) is 1.82. The molecule has 3 atom stereocenters. The van der Waals surface area contributed by atoms with Crippen molar-refractivity contribution in [3.63, 3.8) is 0 Å². The molecule has 0 saturated heterocycles. The Balaban J connectivity index is 1.67. The number of alkyl halides is 1. The van der Waals surface area contributed by atoms with Gasteiger partial charge in [-0.3, -0.25) is 4.90 Å². The zero-order valence-electron chi connectivity index (χ0n) is 14.4. The third-order valence-corrected chi connectivity index (χ3v) is 4.47. The van der Waals surface area contributed by atoms with E-state index in [9.17, 15) is 9.18 Å². The normalized spacial score (nSPS) is 19.8. The van der Waals surface area contributed by atoms with E-state index < -0.39 is 18.3 Å². The molecule has 1 aliphatic rings. The fourth-order valence-corrected chi connectivity index (χ4v) is 2.85. The summed E-state index contributed by atoms with van der Waals surface area (Å²) in [6, 6.07) is 16.3. The van der Waals surface area contributed by atoms with E-state index in [-0.39, 0.29) is 12.6 Å². The van der Waals surface area contributed by atoms with Crippen LogP contribution in [-0.4, -0.2) is 30.3 Å². The van der Waals surface area contributed by atoms with Crippen molar-refractivity contribution in [1.29, 1.82) is 0 Å². The minimum Gasteiger partial charge on any atom is -0.497 e. The minimum absolute atomic E-state index is 0.143. The quantitative estimate of drug-likeness (QED) is 0.775. The molecule has 1 aliphatic carbocycles. The van der Waals surface area contributed by atoms with Crippen LogP contribution in [0.3, 0.4) is 0 Å². The smallest absolute Gasteiger partial charge is 0.410 e. The van der Waals surface area contributed by atoms with Crippen LogP contribution >= 0.6 is 0 Å². The Bertz CT molecular complexity index is 705. The summed E-state index contributed by atoms with van der Waals surface area (Å²) in [5, 5.41) is 0. The zero-order valence-corrected chi connectivity index (χ0v) is 14.4. The molecule has 0 radical (unpaired) electrons. The number of hydrogen-bond donors (Lipinski definition) is 0. The van der Waals surface area contributed by atoms with Crippen LogP contribution in [0.25, 0.3) is 0 Å². The van der Waals surface area contributed by atoms with Gasteiger partial charge in [0.1, 0.15) is 18.5 Å². The molecule has 0 spiro atoms. The molecule has 1 amide bonds. The van der Waals surface area contributed by atoms with Crippen LogP contribution < -0.4 is 4.74 Å². The van der Waals surface area contributed by atoms with Crippen molar-refractivity contribution in [1.82, 2.24) is 4.90 Å². The Kier molecular flexibility index (Phi) is 5.22. The highest BCUT2D eigenvalue weighted by atomic mass is 19.1. The molecule has 0 aliphatic heterocycles. The average molecular weight is 343 g/mol. The molecule has 0 heterocycles. The molecule has 0 aromatic heterocycles. The van der Waals surface area contributed by atoms with Crippen LogP contribution in [0.4, 0.5) is 9.18 Å². The largest absolute Gasteiger partial charge is 0.497 e. The summed E-state index contributed by atoms with van der Waals surface area (Å²) >= 11 is 0. The predicted octanol–water partition coefficient (Wildman–Crippen LogP) is 4.51. The first kappa shape index (κ1) is 17.3. The fraction of sp³-hybridized carbons (Fsp3) is 0.350. The van der Waals surface area contributed by atoms with Crippen molar-refractivity contribution in [3.8, 4) is 5.75 Å². The summed E-state index contributed by atoms with van der Waals surface area (Å²) < 4.78 is 24.2. The molecule has 0 N–H and O–H groups in total. The second-order valence-corrected chi connectivity index (χ2v) is 6.22. The molecule has 1 fully saturated rings. The molecule has 3 rings (SSSR count). The van der Waals surface area contributed by atoms with Gasteiger partial charge in [0.2, 0.25) is 0 Å². The van der Waals surface area contributed by atoms with E-state index >= 15 is 0 Å². The van der Waals surface area contributed by atoms with Crippen LogP contribution in [0.5, 0.6) is 5.75 Å². The summed E-state index contributed by atoms with van der Waals surface area (Å²) in [6.45, 7) is 2.04. The number of benzene rings is 2. The van der Waals surface area contributed by atoms with Crippen molar-refractivity contribution >= 4 is 6.09 Å². The maximum Gasteiger partial charge on any atom is 0.410 e. The molecule has 5 heteroatoms.